The highest BCUT2D eigenvalue weighted by atomic mass is 15.7. The van der Waals surface area contributed by atoms with Gasteiger partial charge in [-0.05, 0) is 26.7 Å². The van der Waals surface area contributed by atoms with E-state index in [1.54, 1.807) is 39.7 Å². The predicted octanol–water partition coefficient (Wildman–Crippen LogP) is 4.75. The Morgan fingerprint density at radius 2 is 1.17 bits per heavy atom. The van der Waals surface area contributed by atoms with Crippen molar-refractivity contribution in [1.82, 2.24) is 4.90 Å². The molecule has 186 valence electrons. The van der Waals surface area contributed by atoms with Crippen LogP contribution in [0.4, 0.5) is 0 Å². The maximum Gasteiger partial charge on any atom is 0.651 e. The topological polar surface area (TPSA) is 12.3 Å². The molecule has 4 nitrogen and oxygen atoms in total. The third kappa shape index (κ3) is 1.75. The van der Waals surface area contributed by atoms with Gasteiger partial charge in [-0.15, -0.1) is 0 Å². The fourth-order valence-corrected chi connectivity index (χ4v) is 11.3. The Morgan fingerprint density at radius 3 is 1.83 bits per heavy atom. The van der Waals surface area contributed by atoms with Crippen molar-refractivity contribution in [3.05, 3.63) is 22.5 Å². The highest BCUT2D eigenvalue weighted by Crippen LogP contribution is 2.64. The summed E-state index contributed by atoms with van der Waals surface area (Å²) < 4.78 is 9.05. The smallest absolute Gasteiger partial charge is 0.181 e. The van der Waals surface area contributed by atoms with Crippen molar-refractivity contribution in [2.75, 3.05) is 0 Å². The van der Waals surface area contributed by atoms with Crippen molar-refractivity contribution >= 4 is 17.1 Å². The fraction of sp³-hybridized carbons (Fsp3) is 0.774. The molecule has 8 rings (SSSR count). The molecule has 8 aliphatic heterocycles. The minimum Gasteiger partial charge on any atom is -0.181 e. The summed E-state index contributed by atoms with van der Waals surface area (Å²) in [4.78, 5) is 3.04. The minimum atomic E-state index is -0.188. The molecule has 0 aromatic carbocycles. The Labute approximate surface area is 211 Å². The Morgan fingerprint density at radius 1 is 0.600 bits per heavy atom. The standard InChI is InChI=1S/C31H45N4/c1-12-14(3)25-21(10)27-16(5)18(7)29-30-19(8)17(6)28-22(11)26-15(4)13(2)24-20(9)23(12)32(25)31(33(24)26,34(27)29)35(28)30/h12-20,23,29-30H,1-11H3/q+3. The van der Waals surface area contributed by atoms with E-state index in [1.165, 1.54) is 0 Å². The first-order chi connectivity index (χ1) is 16.5. The van der Waals surface area contributed by atoms with Gasteiger partial charge in [0.15, 0.2) is 23.5 Å². The number of fused-ring (bicyclic) bond motifs is 1. The number of allylic oxidation sites excluding steroid dienone is 4. The van der Waals surface area contributed by atoms with E-state index in [1.807, 2.05) is 0 Å². The summed E-state index contributed by atoms with van der Waals surface area (Å²) in [6, 6.07) is 1.76. The Balaban J connectivity index is 1.61. The lowest BCUT2D eigenvalue weighted by atomic mass is 9.77. The van der Waals surface area contributed by atoms with Gasteiger partial charge in [-0.2, -0.15) is 4.90 Å². The quantitative estimate of drug-likeness (QED) is 0.463. The van der Waals surface area contributed by atoms with Gasteiger partial charge in [0, 0.05) is 29.0 Å². The summed E-state index contributed by atoms with van der Waals surface area (Å²) >= 11 is 0. The Bertz CT molecular complexity index is 1310. The van der Waals surface area contributed by atoms with Crippen LogP contribution in [0.2, 0.25) is 0 Å². The molecule has 0 aromatic heterocycles. The molecular weight excluding hydrogens is 428 g/mol. The van der Waals surface area contributed by atoms with Gasteiger partial charge in [-0.25, -0.2) is 0 Å². The van der Waals surface area contributed by atoms with Gasteiger partial charge >= 0.3 is 5.91 Å². The second kappa shape index (κ2) is 5.89. The third-order valence-electron chi connectivity index (χ3n) is 13.2. The molecular formula is C31H45N4+3. The van der Waals surface area contributed by atoms with Crippen molar-refractivity contribution < 1.29 is 13.7 Å². The van der Waals surface area contributed by atoms with Gasteiger partial charge in [-0.3, -0.25) is 0 Å². The summed E-state index contributed by atoms with van der Waals surface area (Å²) in [5.41, 5.74) is 11.7. The van der Waals surface area contributed by atoms with E-state index in [9.17, 15) is 0 Å². The van der Waals surface area contributed by atoms with E-state index in [-0.39, 0.29) is 5.91 Å². The van der Waals surface area contributed by atoms with Crippen LogP contribution in [0.5, 0.6) is 0 Å². The van der Waals surface area contributed by atoms with Crippen molar-refractivity contribution in [2.45, 2.75) is 100 Å². The van der Waals surface area contributed by atoms with Crippen LogP contribution in [-0.4, -0.2) is 59.8 Å². The highest BCUT2D eigenvalue weighted by molar-refractivity contribution is 6.03. The van der Waals surface area contributed by atoms with Gasteiger partial charge in [0.25, 0.3) is 0 Å². The molecule has 1 spiro atoms. The van der Waals surface area contributed by atoms with Gasteiger partial charge < -0.3 is 0 Å². The number of hydrogen-bond acceptors (Lipinski definition) is 1. The Kier molecular flexibility index (Phi) is 3.60. The third-order valence-corrected chi connectivity index (χ3v) is 13.2. The molecule has 0 amide bonds. The van der Waals surface area contributed by atoms with E-state index in [2.05, 4.69) is 94.8 Å². The van der Waals surface area contributed by atoms with E-state index in [0.717, 1.165) is 0 Å². The van der Waals surface area contributed by atoms with Crippen LogP contribution in [0.15, 0.2) is 22.5 Å². The zero-order valence-electron chi connectivity index (χ0n) is 23.7. The summed E-state index contributed by atoms with van der Waals surface area (Å²) in [7, 11) is 0. The number of rotatable bonds is 0. The Hall–Kier alpha value is -1.71. The molecule has 0 N–H and O–H groups in total. The lowest BCUT2D eigenvalue weighted by Crippen LogP contribution is -2.75. The first-order valence-electron chi connectivity index (χ1n) is 14.7. The molecule has 0 saturated carbocycles. The molecule has 8 heterocycles. The number of hydrogen-bond donors (Lipinski definition) is 0. The van der Waals surface area contributed by atoms with E-state index in [0.29, 0.717) is 71.4 Å². The zero-order chi connectivity index (χ0) is 24.8. The maximum atomic E-state index is 3.04. The second-order valence-electron chi connectivity index (χ2n) is 14.0. The van der Waals surface area contributed by atoms with Crippen LogP contribution in [0.3, 0.4) is 0 Å². The maximum absolute atomic E-state index is 3.04. The van der Waals surface area contributed by atoms with Crippen molar-refractivity contribution in [3.8, 4) is 0 Å². The number of nitrogens with zero attached hydrogens (tertiary/aromatic N) is 4. The lowest BCUT2D eigenvalue weighted by Gasteiger charge is -2.39. The molecule has 35 heavy (non-hydrogen) atoms. The largest absolute Gasteiger partial charge is 0.651 e. The van der Waals surface area contributed by atoms with Gasteiger partial charge in [0.2, 0.25) is 11.4 Å². The van der Waals surface area contributed by atoms with Crippen LogP contribution in [0.25, 0.3) is 0 Å². The minimum absolute atomic E-state index is 0.188. The van der Waals surface area contributed by atoms with E-state index in [4.69, 9.17) is 0 Å². The molecule has 13 unspecified atom stereocenters. The first-order valence-corrected chi connectivity index (χ1v) is 14.7. The van der Waals surface area contributed by atoms with Gasteiger partial charge in [0.05, 0.1) is 29.2 Å². The molecule has 4 heteroatoms. The molecule has 13 atom stereocenters. The SMILES string of the molecule is CC1=C2C(C)C(C)C3C4C(C)C(C)C5=[N+]4C4(N23)[N+]2=C(C(C)C(C)C2=C5C)C(C)C2C(C)C(C)C1=[N+]24. The van der Waals surface area contributed by atoms with Gasteiger partial charge in [-0.1, -0.05) is 69.1 Å². The van der Waals surface area contributed by atoms with Crippen LogP contribution < -0.4 is 0 Å². The van der Waals surface area contributed by atoms with Crippen LogP contribution in [-0.2, 0) is 0 Å². The fourth-order valence-electron chi connectivity index (χ4n) is 11.3. The van der Waals surface area contributed by atoms with E-state index < -0.39 is 0 Å². The van der Waals surface area contributed by atoms with Crippen molar-refractivity contribution in [2.24, 2.45) is 53.3 Å². The van der Waals surface area contributed by atoms with Crippen LogP contribution in [0.1, 0.15) is 76.2 Å². The lowest BCUT2D eigenvalue weighted by molar-refractivity contribution is -1.02. The van der Waals surface area contributed by atoms with E-state index >= 15 is 0 Å². The zero-order valence-corrected chi connectivity index (χ0v) is 23.7. The average Bonchev–Trinajstić information content (AvgIpc) is 3.51. The molecule has 0 radical (unpaired) electrons. The molecule has 0 bridgehead atoms. The summed E-state index contributed by atoms with van der Waals surface area (Å²) in [5, 5.41) is 0. The molecule has 0 aliphatic carbocycles. The van der Waals surface area contributed by atoms with Gasteiger partial charge in [0.1, 0.15) is 12.0 Å². The van der Waals surface area contributed by atoms with Crippen LogP contribution in [0, 0.1) is 53.3 Å². The second-order valence-corrected chi connectivity index (χ2v) is 14.0. The first kappa shape index (κ1) is 21.4. The van der Waals surface area contributed by atoms with Crippen molar-refractivity contribution in [1.29, 1.82) is 0 Å². The molecule has 0 aromatic rings. The summed E-state index contributed by atoms with van der Waals surface area (Å²) in [6.07, 6.45) is 0. The molecule has 2 fully saturated rings. The summed E-state index contributed by atoms with van der Waals surface area (Å²) in [6.45, 7) is 28.0. The van der Waals surface area contributed by atoms with Crippen molar-refractivity contribution in [3.63, 3.8) is 0 Å². The normalized spacial score (nSPS) is 54.8. The molecule has 8 aliphatic rings. The molecule has 2 saturated heterocycles. The predicted molar refractivity (Wildman–Crippen MR) is 140 cm³/mol. The highest BCUT2D eigenvalue weighted by Gasteiger charge is 2.93. The summed E-state index contributed by atoms with van der Waals surface area (Å²) in [5.74, 6) is 5.46. The van der Waals surface area contributed by atoms with Crippen LogP contribution >= 0.6 is 0 Å². The average molecular weight is 474 g/mol. The monoisotopic (exact) mass is 473 g/mol.